The van der Waals surface area contributed by atoms with Gasteiger partial charge in [0, 0.05) is 30.9 Å². The van der Waals surface area contributed by atoms with Gasteiger partial charge >= 0.3 is 0 Å². The van der Waals surface area contributed by atoms with Crippen molar-refractivity contribution in [2.45, 2.75) is 13.8 Å². The monoisotopic (exact) mass is 430 g/mol. The van der Waals surface area contributed by atoms with Crippen molar-refractivity contribution in [2.24, 2.45) is 0 Å². The first-order valence-corrected chi connectivity index (χ1v) is 10.3. The van der Waals surface area contributed by atoms with Crippen LogP contribution in [0.3, 0.4) is 0 Å². The predicted octanol–water partition coefficient (Wildman–Crippen LogP) is 4.23. The Bertz CT molecular complexity index is 1330. The molecule has 2 heterocycles. The zero-order valence-corrected chi connectivity index (χ0v) is 18.1. The van der Waals surface area contributed by atoms with Crippen LogP contribution in [0.1, 0.15) is 33.3 Å². The second-order valence-corrected chi connectivity index (χ2v) is 7.43. The number of carbonyl (C=O) groups excluding carboxylic acids is 2. The van der Waals surface area contributed by atoms with Gasteiger partial charge in [-0.3, -0.25) is 14.0 Å². The molecule has 0 radical (unpaired) electrons. The highest BCUT2D eigenvalue weighted by molar-refractivity contribution is 6.00. The second kappa shape index (κ2) is 8.63. The lowest BCUT2D eigenvalue weighted by atomic mass is 9.99. The van der Waals surface area contributed by atoms with Crippen LogP contribution in [0, 0.1) is 12.7 Å². The minimum atomic E-state index is -0.358. The van der Waals surface area contributed by atoms with Crippen LogP contribution in [0.25, 0.3) is 28.0 Å². The summed E-state index contributed by atoms with van der Waals surface area (Å²) in [6.45, 7) is 4.39. The summed E-state index contributed by atoms with van der Waals surface area (Å²) in [5.41, 5.74) is 5.34. The first-order valence-electron chi connectivity index (χ1n) is 10.3. The van der Waals surface area contributed by atoms with E-state index in [-0.39, 0.29) is 17.6 Å². The average Bonchev–Trinajstić information content (AvgIpc) is 3.18. The number of carbonyl (C=O) groups is 2. The number of rotatable bonds is 5. The van der Waals surface area contributed by atoms with Gasteiger partial charge in [-0.25, -0.2) is 9.37 Å². The van der Waals surface area contributed by atoms with E-state index in [1.807, 2.05) is 44.3 Å². The van der Waals surface area contributed by atoms with Gasteiger partial charge in [0.05, 0.1) is 0 Å². The van der Waals surface area contributed by atoms with Gasteiger partial charge in [0.15, 0.2) is 0 Å². The molecule has 4 aromatic rings. The van der Waals surface area contributed by atoms with E-state index in [2.05, 4.69) is 15.6 Å². The first kappa shape index (κ1) is 21.2. The summed E-state index contributed by atoms with van der Waals surface area (Å²) in [6, 6.07) is 15.2. The van der Waals surface area contributed by atoms with E-state index >= 15 is 0 Å². The van der Waals surface area contributed by atoms with E-state index in [1.54, 1.807) is 29.6 Å². The fraction of sp³-hybridized carbons (Fsp3) is 0.160. The zero-order chi connectivity index (χ0) is 22.8. The Morgan fingerprint density at radius 2 is 1.72 bits per heavy atom. The molecule has 2 amide bonds. The van der Waals surface area contributed by atoms with Crippen LogP contribution in [0.15, 0.2) is 60.8 Å². The third-order valence-electron chi connectivity index (χ3n) is 5.33. The van der Waals surface area contributed by atoms with Crippen molar-refractivity contribution in [3.8, 4) is 22.4 Å². The minimum absolute atomic E-state index is 0.137. The third-order valence-corrected chi connectivity index (χ3v) is 5.33. The number of hydrogen-bond donors (Lipinski definition) is 2. The minimum Gasteiger partial charge on any atom is -0.354 e. The van der Waals surface area contributed by atoms with Crippen LogP contribution in [0.4, 0.5) is 4.39 Å². The summed E-state index contributed by atoms with van der Waals surface area (Å²) in [7, 11) is 1.56. The molecule has 4 rings (SSSR count). The van der Waals surface area contributed by atoms with E-state index in [4.69, 9.17) is 0 Å². The van der Waals surface area contributed by atoms with E-state index in [9.17, 15) is 14.0 Å². The number of halogens is 1. The summed E-state index contributed by atoms with van der Waals surface area (Å²) < 4.78 is 15.1. The van der Waals surface area contributed by atoms with Crippen molar-refractivity contribution < 1.29 is 14.0 Å². The van der Waals surface area contributed by atoms with Gasteiger partial charge in [0.25, 0.3) is 11.8 Å². The molecule has 0 bridgehead atoms. The molecule has 0 saturated carbocycles. The number of fused-ring (bicyclic) bond motifs is 1. The number of hydrogen-bond acceptors (Lipinski definition) is 3. The van der Waals surface area contributed by atoms with E-state index in [0.717, 1.165) is 16.7 Å². The van der Waals surface area contributed by atoms with Gasteiger partial charge in [-0.2, -0.15) is 0 Å². The fourth-order valence-electron chi connectivity index (χ4n) is 3.69. The van der Waals surface area contributed by atoms with Gasteiger partial charge in [0.1, 0.15) is 22.9 Å². The molecule has 0 aliphatic carbocycles. The normalized spacial score (nSPS) is 10.9. The van der Waals surface area contributed by atoms with Crippen molar-refractivity contribution in [3.63, 3.8) is 0 Å². The number of aromatic nitrogens is 2. The van der Waals surface area contributed by atoms with Crippen LogP contribution < -0.4 is 10.6 Å². The molecule has 0 atom stereocenters. The van der Waals surface area contributed by atoms with Crippen molar-refractivity contribution in [3.05, 3.63) is 83.4 Å². The number of nitrogens with zero attached hydrogens (tertiary/aromatic N) is 2. The Balaban J connectivity index is 1.89. The Morgan fingerprint density at radius 1 is 1.00 bits per heavy atom. The Kier molecular flexibility index (Phi) is 5.73. The van der Waals surface area contributed by atoms with Crippen molar-refractivity contribution in [2.75, 3.05) is 13.6 Å². The molecule has 6 nitrogen and oxygen atoms in total. The number of aryl methyl sites for hydroxylation is 1. The molecule has 7 heteroatoms. The van der Waals surface area contributed by atoms with E-state index < -0.39 is 0 Å². The van der Waals surface area contributed by atoms with Gasteiger partial charge in [0.2, 0.25) is 0 Å². The standard InChI is InChI=1S/C25H23FN4O2/c1-4-28-24(31)17-6-5-15(2)20(13-17)18-9-12-21-29-22(16-7-10-19(26)11-8-16)23(25(32)27-3)30(21)14-18/h5-14H,4H2,1-3H3,(H,27,32)(H,28,31). The SMILES string of the molecule is CCNC(=O)c1ccc(C)c(-c2ccc3nc(-c4ccc(F)cc4)c(C(=O)NC)n3c2)c1. The number of pyridine rings is 1. The van der Waals surface area contributed by atoms with Crippen LogP contribution in [-0.4, -0.2) is 34.8 Å². The Morgan fingerprint density at radius 3 is 2.41 bits per heavy atom. The highest BCUT2D eigenvalue weighted by atomic mass is 19.1. The smallest absolute Gasteiger partial charge is 0.270 e. The summed E-state index contributed by atoms with van der Waals surface area (Å²) in [5.74, 6) is -0.798. The van der Waals surface area contributed by atoms with Crippen LogP contribution in [0.5, 0.6) is 0 Å². The molecule has 32 heavy (non-hydrogen) atoms. The van der Waals surface area contributed by atoms with Crippen LogP contribution in [-0.2, 0) is 0 Å². The van der Waals surface area contributed by atoms with Crippen molar-refractivity contribution in [1.29, 1.82) is 0 Å². The maximum Gasteiger partial charge on any atom is 0.270 e. The zero-order valence-electron chi connectivity index (χ0n) is 18.1. The number of imidazole rings is 1. The third kappa shape index (κ3) is 3.85. The molecule has 0 saturated heterocycles. The first-order chi connectivity index (χ1) is 15.4. The highest BCUT2D eigenvalue weighted by Gasteiger charge is 2.20. The summed E-state index contributed by atoms with van der Waals surface area (Å²) in [4.78, 5) is 29.7. The molecule has 2 N–H and O–H groups in total. The molecule has 0 aliphatic heterocycles. The molecule has 162 valence electrons. The van der Waals surface area contributed by atoms with Crippen molar-refractivity contribution >= 4 is 17.5 Å². The molecule has 2 aromatic carbocycles. The molecular formula is C25H23FN4O2. The molecule has 2 aromatic heterocycles. The lowest BCUT2D eigenvalue weighted by molar-refractivity contribution is 0.0949. The maximum absolute atomic E-state index is 13.4. The number of benzene rings is 2. The van der Waals surface area contributed by atoms with Gasteiger partial charge in [-0.05, 0) is 79.1 Å². The molecule has 0 spiro atoms. The van der Waals surface area contributed by atoms with Crippen LogP contribution in [0.2, 0.25) is 0 Å². The topological polar surface area (TPSA) is 75.5 Å². The van der Waals surface area contributed by atoms with E-state index in [1.165, 1.54) is 12.1 Å². The summed E-state index contributed by atoms with van der Waals surface area (Å²) >= 11 is 0. The molecular weight excluding hydrogens is 407 g/mol. The lowest BCUT2D eigenvalue weighted by Crippen LogP contribution is -2.22. The Labute approximate surface area is 185 Å². The predicted molar refractivity (Wildman–Crippen MR) is 122 cm³/mol. The van der Waals surface area contributed by atoms with Gasteiger partial charge < -0.3 is 10.6 Å². The fourth-order valence-corrected chi connectivity index (χ4v) is 3.69. The maximum atomic E-state index is 13.4. The lowest BCUT2D eigenvalue weighted by Gasteiger charge is -2.11. The quantitative estimate of drug-likeness (QED) is 0.498. The van der Waals surface area contributed by atoms with E-state index in [0.29, 0.717) is 34.7 Å². The number of amides is 2. The number of nitrogens with one attached hydrogen (secondary N) is 2. The second-order valence-electron chi connectivity index (χ2n) is 7.43. The van der Waals surface area contributed by atoms with Gasteiger partial charge in [-0.1, -0.05) is 6.07 Å². The molecule has 0 aliphatic rings. The largest absolute Gasteiger partial charge is 0.354 e. The molecule has 0 fully saturated rings. The summed E-state index contributed by atoms with van der Waals surface area (Å²) in [5, 5.41) is 5.48. The average molecular weight is 430 g/mol. The Hall–Kier alpha value is -4.00. The molecule has 0 unspecified atom stereocenters. The summed E-state index contributed by atoms with van der Waals surface area (Å²) in [6.07, 6.45) is 1.84. The van der Waals surface area contributed by atoms with Crippen LogP contribution >= 0.6 is 0 Å². The van der Waals surface area contributed by atoms with Gasteiger partial charge in [-0.15, -0.1) is 0 Å². The highest BCUT2D eigenvalue weighted by Crippen LogP contribution is 2.29. The van der Waals surface area contributed by atoms with Crippen molar-refractivity contribution in [1.82, 2.24) is 20.0 Å².